The van der Waals surface area contributed by atoms with Gasteiger partial charge in [-0.1, -0.05) is 17.7 Å². The highest BCUT2D eigenvalue weighted by molar-refractivity contribution is 6.33. The molecule has 13 nitrogen and oxygen atoms in total. The van der Waals surface area contributed by atoms with Crippen molar-refractivity contribution in [2.24, 2.45) is 5.41 Å². The number of rotatable bonds is 7. The molecule has 6 aliphatic heterocycles. The Morgan fingerprint density at radius 1 is 0.828 bits per heavy atom. The Kier molecular flexibility index (Phi) is 10.3. The van der Waals surface area contributed by atoms with Crippen molar-refractivity contribution in [1.82, 2.24) is 20.1 Å². The number of pyridine rings is 1. The van der Waals surface area contributed by atoms with E-state index in [1.54, 1.807) is 12.1 Å². The van der Waals surface area contributed by atoms with E-state index in [2.05, 4.69) is 42.8 Å². The van der Waals surface area contributed by atoms with Crippen LogP contribution in [0.15, 0.2) is 54.7 Å². The number of carbonyl (C=O) groups is 4. The lowest BCUT2D eigenvalue weighted by molar-refractivity contribution is -0.136. The number of anilines is 3. The number of hydrogen-bond acceptors (Lipinski definition) is 10. The first-order chi connectivity index (χ1) is 28.1. The van der Waals surface area contributed by atoms with Crippen molar-refractivity contribution in [3.8, 4) is 5.88 Å². The van der Waals surface area contributed by atoms with Gasteiger partial charge in [-0.05, 0) is 100 Å². The number of benzene rings is 2. The minimum atomic E-state index is -0.964. The maximum absolute atomic E-state index is 13.4. The summed E-state index contributed by atoms with van der Waals surface area (Å²) in [5.41, 5.74) is 4.56. The molecule has 6 aliphatic rings. The molecule has 14 heteroatoms. The molecule has 4 amide bonds. The molecule has 1 unspecified atom stereocenters. The van der Waals surface area contributed by atoms with Gasteiger partial charge in [-0.25, -0.2) is 9.83 Å². The number of aromatic nitrogens is 1. The predicted molar refractivity (Wildman–Crippen MR) is 221 cm³/mol. The number of nitrogens with zero attached hydrogens (tertiary/aromatic N) is 7. The number of imide groups is 2. The quantitative estimate of drug-likeness (QED) is 0.222. The van der Waals surface area contributed by atoms with Gasteiger partial charge in [-0.2, -0.15) is 0 Å². The van der Waals surface area contributed by atoms with Gasteiger partial charge in [0.25, 0.3) is 11.8 Å². The van der Waals surface area contributed by atoms with Crippen LogP contribution in [0.4, 0.5) is 22.7 Å². The van der Waals surface area contributed by atoms with E-state index >= 15 is 0 Å². The second-order valence-corrected chi connectivity index (χ2v) is 17.4. The third-order valence-corrected chi connectivity index (χ3v) is 13.9. The summed E-state index contributed by atoms with van der Waals surface area (Å²) in [6, 6.07) is 15.3. The van der Waals surface area contributed by atoms with Gasteiger partial charge in [0.1, 0.15) is 12.1 Å². The van der Waals surface area contributed by atoms with Crippen LogP contribution >= 0.6 is 11.6 Å². The van der Waals surface area contributed by atoms with Crippen molar-refractivity contribution < 1.29 is 23.9 Å². The molecule has 0 saturated carbocycles. The fourth-order valence-electron chi connectivity index (χ4n) is 10.3. The third-order valence-electron chi connectivity index (χ3n) is 13.6. The van der Waals surface area contributed by atoms with Crippen molar-refractivity contribution in [3.63, 3.8) is 0 Å². The van der Waals surface area contributed by atoms with Crippen LogP contribution in [0, 0.1) is 12.0 Å². The monoisotopic (exact) mass is 804 g/mol. The van der Waals surface area contributed by atoms with Crippen LogP contribution in [0.1, 0.15) is 85.4 Å². The van der Waals surface area contributed by atoms with Gasteiger partial charge in [-0.15, -0.1) is 0 Å². The van der Waals surface area contributed by atoms with E-state index in [1.807, 2.05) is 36.5 Å². The molecule has 3 aromatic rings. The van der Waals surface area contributed by atoms with E-state index in [0.717, 1.165) is 113 Å². The van der Waals surface area contributed by atoms with E-state index in [1.165, 1.54) is 0 Å². The normalized spacial score (nSPS) is 24.4. The molecule has 58 heavy (non-hydrogen) atoms. The fraction of sp³-hybridized carbons (Fsp3) is 0.500. The van der Waals surface area contributed by atoms with Crippen molar-refractivity contribution in [2.45, 2.75) is 88.9 Å². The Balaban J connectivity index is 0.720. The van der Waals surface area contributed by atoms with Gasteiger partial charge in [0, 0.05) is 86.8 Å². The van der Waals surface area contributed by atoms with Gasteiger partial charge >= 0.3 is 0 Å². The van der Waals surface area contributed by atoms with Crippen LogP contribution in [-0.4, -0.2) is 108 Å². The van der Waals surface area contributed by atoms with E-state index < -0.39 is 23.8 Å². The summed E-state index contributed by atoms with van der Waals surface area (Å²) in [6.07, 6.45) is 9.66. The SMILES string of the molecule is [C-]#[N+]c1ccc(N2CC3(CCN(c4ccc(OC5CCN(C6CCN(c7ccc8c(c7)C(=O)N(C7CCC(=O)NC7=O)C8=O)CC6)CC5)nc4)CC3)C[C@@H]2C)cc1Cl. The first-order valence-electron chi connectivity index (χ1n) is 20.7. The first-order valence-corrected chi connectivity index (χ1v) is 21.1. The highest BCUT2D eigenvalue weighted by Crippen LogP contribution is 2.46. The number of ether oxygens (including phenoxy) is 1. The average Bonchev–Trinajstić information content (AvgIpc) is 3.69. The Morgan fingerprint density at radius 2 is 1.53 bits per heavy atom. The van der Waals surface area contributed by atoms with Crippen LogP contribution in [0.5, 0.6) is 5.88 Å². The minimum absolute atomic E-state index is 0.0994. The van der Waals surface area contributed by atoms with Crippen molar-refractivity contribution in [2.75, 3.05) is 60.5 Å². The lowest BCUT2D eigenvalue weighted by Crippen LogP contribution is -2.54. The topological polar surface area (TPSA) is 123 Å². The number of likely N-dealkylation sites (tertiary alicyclic amines) is 1. The van der Waals surface area contributed by atoms with Crippen LogP contribution in [0.2, 0.25) is 5.02 Å². The van der Waals surface area contributed by atoms with Gasteiger partial charge in [0.2, 0.25) is 23.4 Å². The standard InChI is InChI=1S/C44H49ClN8O5/c1-28-25-44(27-52(28)31-4-7-37(46-2)36(45)24-31)15-21-51(22-16-44)32-5-10-40(47-26-32)58-33-13-19-49(20-14-33)29-11-17-50(18-12-29)30-3-6-34-35(23-30)43(57)53(42(34)56)38-8-9-39(54)48-41(38)55/h3-7,10,23-24,26,28-29,33,38H,8-9,11-22,25,27H2,1H3,(H,48,54,55)/t28-,38?/m0/s1. The molecular weight excluding hydrogens is 756 g/mol. The summed E-state index contributed by atoms with van der Waals surface area (Å²) in [6.45, 7) is 16.3. The van der Waals surface area contributed by atoms with Crippen molar-refractivity contribution >= 4 is 58.0 Å². The molecule has 1 N–H and O–H groups in total. The van der Waals surface area contributed by atoms with Gasteiger partial charge < -0.3 is 19.4 Å². The Morgan fingerprint density at radius 3 is 2.22 bits per heavy atom. The molecule has 1 spiro atoms. The second-order valence-electron chi connectivity index (χ2n) is 17.0. The molecule has 5 saturated heterocycles. The molecule has 9 rings (SSSR count). The molecule has 0 aliphatic carbocycles. The molecule has 7 heterocycles. The number of hydrogen-bond donors (Lipinski definition) is 1. The summed E-state index contributed by atoms with van der Waals surface area (Å²) >= 11 is 6.39. The van der Waals surface area contributed by atoms with Crippen LogP contribution in [-0.2, 0) is 9.59 Å². The van der Waals surface area contributed by atoms with Crippen molar-refractivity contribution in [3.05, 3.63) is 82.3 Å². The van der Waals surface area contributed by atoms with E-state index in [-0.39, 0.29) is 30.3 Å². The first kappa shape index (κ1) is 38.3. The number of amides is 4. The van der Waals surface area contributed by atoms with Crippen LogP contribution in [0.25, 0.3) is 4.85 Å². The summed E-state index contributed by atoms with van der Waals surface area (Å²) in [5, 5.41) is 2.78. The number of piperidine rings is 4. The summed E-state index contributed by atoms with van der Waals surface area (Å²) in [5.74, 6) is -1.25. The maximum atomic E-state index is 13.4. The molecule has 2 aromatic carbocycles. The molecule has 0 radical (unpaired) electrons. The second kappa shape index (κ2) is 15.5. The summed E-state index contributed by atoms with van der Waals surface area (Å²) in [4.78, 5) is 69.6. The zero-order chi connectivity index (χ0) is 40.1. The molecule has 302 valence electrons. The fourth-order valence-corrected chi connectivity index (χ4v) is 10.6. The summed E-state index contributed by atoms with van der Waals surface area (Å²) in [7, 11) is 0. The average molecular weight is 805 g/mol. The summed E-state index contributed by atoms with van der Waals surface area (Å²) < 4.78 is 6.39. The Labute approximate surface area is 344 Å². The molecular formula is C44H49ClN8O5. The number of carbonyl (C=O) groups excluding carboxylic acids is 4. The zero-order valence-corrected chi connectivity index (χ0v) is 33.6. The predicted octanol–water partition coefficient (Wildman–Crippen LogP) is 6.08. The van der Waals surface area contributed by atoms with Gasteiger partial charge in [0.05, 0.1) is 29.6 Å². The third kappa shape index (κ3) is 7.26. The maximum Gasteiger partial charge on any atom is 0.262 e. The van der Waals surface area contributed by atoms with Crippen LogP contribution < -0.4 is 24.8 Å². The highest BCUT2D eigenvalue weighted by atomic mass is 35.5. The Hall–Kier alpha value is -5.19. The molecule has 1 aromatic heterocycles. The van der Waals surface area contributed by atoms with E-state index in [0.29, 0.717) is 39.8 Å². The van der Waals surface area contributed by atoms with Gasteiger partial charge in [0.15, 0.2) is 0 Å². The highest BCUT2D eigenvalue weighted by Gasteiger charge is 2.46. The van der Waals surface area contributed by atoms with Gasteiger partial charge in [-0.3, -0.25) is 34.3 Å². The van der Waals surface area contributed by atoms with Crippen LogP contribution in [0.3, 0.4) is 0 Å². The largest absolute Gasteiger partial charge is 0.474 e. The lowest BCUT2D eigenvalue weighted by Gasteiger charge is -2.42. The van der Waals surface area contributed by atoms with E-state index in [4.69, 9.17) is 27.9 Å². The number of halogens is 1. The molecule has 0 bridgehead atoms. The lowest BCUT2D eigenvalue weighted by atomic mass is 9.76. The molecule has 2 atom stereocenters. The zero-order valence-electron chi connectivity index (χ0n) is 32.9. The van der Waals surface area contributed by atoms with Crippen molar-refractivity contribution in [1.29, 1.82) is 0 Å². The molecule has 5 fully saturated rings. The minimum Gasteiger partial charge on any atom is -0.474 e. The smallest absolute Gasteiger partial charge is 0.262 e. The number of fused-ring (bicyclic) bond motifs is 1. The number of nitrogens with one attached hydrogen (secondary N) is 1. The Bertz CT molecular complexity index is 2150. The van der Waals surface area contributed by atoms with E-state index in [9.17, 15) is 19.2 Å².